The molecule has 2 atom stereocenters. The highest BCUT2D eigenvalue weighted by Crippen LogP contribution is 2.73. The first kappa shape index (κ1) is 21.7. The van der Waals surface area contributed by atoms with Crippen molar-refractivity contribution in [1.29, 1.82) is 5.26 Å². The average molecular weight is 449 g/mol. The smallest absolute Gasteiger partial charge is 0.324 e. The maximum Gasteiger partial charge on any atom is 0.324 e. The summed E-state index contributed by atoms with van der Waals surface area (Å²) >= 11 is 5.98. The van der Waals surface area contributed by atoms with Crippen LogP contribution < -0.4 is 9.47 Å². The zero-order valence-corrected chi connectivity index (χ0v) is 18.6. The van der Waals surface area contributed by atoms with Gasteiger partial charge in [-0.2, -0.15) is 5.26 Å². The van der Waals surface area contributed by atoms with Crippen LogP contribution in [0.4, 0.5) is 0 Å². The normalized spacial score (nSPS) is 23.0. The van der Waals surface area contributed by atoms with Crippen LogP contribution in [0.2, 0.25) is 5.02 Å². The summed E-state index contributed by atoms with van der Waals surface area (Å²) in [7, 11) is 1.28. The number of ether oxygens (including phenoxy) is 3. The number of hydrogen-bond donors (Lipinski definition) is 0. The van der Waals surface area contributed by atoms with Crippen LogP contribution in [0.25, 0.3) is 0 Å². The molecule has 0 bridgehead atoms. The minimum Gasteiger partial charge on any atom is -0.470 e. The van der Waals surface area contributed by atoms with Gasteiger partial charge >= 0.3 is 5.97 Å². The van der Waals surface area contributed by atoms with Gasteiger partial charge in [0.15, 0.2) is 5.41 Å². The van der Waals surface area contributed by atoms with Crippen molar-refractivity contribution in [2.24, 2.45) is 5.41 Å². The summed E-state index contributed by atoms with van der Waals surface area (Å²) in [5.74, 6) is 0.690. The van der Waals surface area contributed by atoms with Crippen LogP contribution in [0.15, 0.2) is 72.8 Å². The van der Waals surface area contributed by atoms with E-state index < -0.39 is 22.4 Å². The maximum atomic E-state index is 13.2. The number of pyridine rings is 1. The maximum absolute atomic E-state index is 13.2. The van der Waals surface area contributed by atoms with Crippen LogP contribution in [-0.2, 0) is 14.9 Å². The van der Waals surface area contributed by atoms with Gasteiger partial charge in [-0.05, 0) is 42.5 Å². The molecule has 32 heavy (non-hydrogen) atoms. The molecular formula is C25H21ClN2O4. The molecule has 2 unspecified atom stereocenters. The Hall–Kier alpha value is -3.56. The van der Waals surface area contributed by atoms with E-state index in [2.05, 4.69) is 11.1 Å². The number of aromatic nitrogens is 1. The van der Waals surface area contributed by atoms with E-state index in [-0.39, 0.29) is 5.88 Å². The summed E-state index contributed by atoms with van der Waals surface area (Å²) < 4.78 is 17.2. The molecule has 0 saturated heterocycles. The first-order chi connectivity index (χ1) is 15.3. The first-order valence-electron chi connectivity index (χ1n) is 9.97. The van der Waals surface area contributed by atoms with Crippen LogP contribution in [0.3, 0.4) is 0 Å². The van der Waals surface area contributed by atoms with Crippen molar-refractivity contribution in [2.75, 3.05) is 7.11 Å². The third-order valence-electron chi connectivity index (χ3n) is 6.09. The van der Waals surface area contributed by atoms with Crippen LogP contribution >= 0.6 is 11.6 Å². The molecule has 0 spiro atoms. The molecule has 0 aliphatic heterocycles. The Bertz CT molecular complexity index is 1190. The minimum absolute atomic E-state index is 0.290. The zero-order chi connectivity index (χ0) is 23.0. The SMILES string of the molecule is COC(=O)C1(c2cccc(Oc3ccccc3)n2)C(C)(C)C1(C#N)Oc1ccc(Cl)cc1. The molecule has 2 aromatic carbocycles. The molecule has 0 radical (unpaired) electrons. The summed E-state index contributed by atoms with van der Waals surface area (Å²) in [5, 5.41) is 10.8. The predicted octanol–water partition coefficient (Wildman–Crippen LogP) is 5.32. The number of hydrogen-bond acceptors (Lipinski definition) is 6. The number of nitriles is 1. The van der Waals surface area contributed by atoms with Crippen molar-refractivity contribution < 1.29 is 19.0 Å². The third-order valence-corrected chi connectivity index (χ3v) is 6.34. The summed E-state index contributed by atoms with van der Waals surface area (Å²) in [4.78, 5) is 17.8. The molecule has 4 rings (SSSR count). The number of benzene rings is 2. The number of para-hydroxylation sites is 1. The van der Waals surface area contributed by atoms with Crippen LogP contribution in [0.5, 0.6) is 17.4 Å². The van der Waals surface area contributed by atoms with Crippen molar-refractivity contribution in [3.8, 4) is 23.4 Å². The van der Waals surface area contributed by atoms with Gasteiger partial charge in [-0.25, -0.2) is 4.98 Å². The van der Waals surface area contributed by atoms with Crippen molar-refractivity contribution in [3.05, 3.63) is 83.5 Å². The lowest BCUT2D eigenvalue weighted by molar-refractivity contribution is -0.145. The first-order valence-corrected chi connectivity index (χ1v) is 10.3. The number of nitrogens with zero attached hydrogens (tertiary/aromatic N) is 2. The fourth-order valence-electron chi connectivity index (χ4n) is 4.41. The summed E-state index contributed by atoms with van der Waals surface area (Å²) in [6.07, 6.45) is 0. The second-order valence-corrected chi connectivity index (χ2v) is 8.43. The van der Waals surface area contributed by atoms with Gasteiger partial charge in [0.2, 0.25) is 11.5 Å². The van der Waals surface area contributed by atoms with Gasteiger partial charge in [0.1, 0.15) is 17.6 Å². The van der Waals surface area contributed by atoms with Gasteiger partial charge in [-0.15, -0.1) is 0 Å². The second-order valence-electron chi connectivity index (χ2n) is 7.99. The number of carbonyl (C=O) groups is 1. The van der Waals surface area contributed by atoms with Crippen LogP contribution in [-0.4, -0.2) is 23.7 Å². The molecule has 7 heteroatoms. The lowest BCUT2D eigenvalue weighted by Gasteiger charge is -2.20. The Morgan fingerprint density at radius 3 is 2.28 bits per heavy atom. The summed E-state index contributed by atoms with van der Waals surface area (Å²) in [6, 6.07) is 23.1. The number of halogens is 1. The van der Waals surface area contributed by atoms with Crippen molar-refractivity contribution in [2.45, 2.75) is 24.9 Å². The molecule has 0 N–H and O–H groups in total. The minimum atomic E-state index is -1.56. The van der Waals surface area contributed by atoms with E-state index in [1.807, 2.05) is 18.2 Å². The van der Waals surface area contributed by atoms with E-state index in [0.717, 1.165) is 0 Å². The van der Waals surface area contributed by atoms with Crippen molar-refractivity contribution in [1.82, 2.24) is 4.98 Å². The molecule has 1 heterocycles. The number of carbonyl (C=O) groups excluding carboxylic acids is 1. The number of methoxy groups -OCH3 is 1. The molecule has 1 aromatic heterocycles. The van der Waals surface area contributed by atoms with E-state index in [9.17, 15) is 10.1 Å². The van der Waals surface area contributed by atoms with E-state index >= 15 is 0 Å². The lowest BCUT2D eigenvalue weighted by atomic mass is 9.91. The quantitative estimate of drug-likeness (QED) is 0.475. The Labute approximate surface area is 191 Å². The second kappa shape index (κ2) is 7.85. The lowest BCUT2D eigenvalue weighted by Crippen LogP contribution is -2.37. The largest absolute Gasteiger partial charge is 0.470 e. The fraction of sp³-hybridized carbons (Fsp3) is 0.240. The van der Waals surface area contributed by atoms with Gasteiger partial charge in [-0.1, -0.05) is 49.7 Å². The average Bonchev–Trinajstić information content (AvgIpc) is 3.25. The topological polar surface area (TPSA) is 81.4 Å². The highest BCUT2D eigenvalue weighted by Gasteiger charge is 2.92. The van der Waals surface area contributed by atoms with E-state index in [4.69, 9.17) is 25.8 Å². The van der Waals surface area contributed by atoms with Gasteiger partial charge in [-0.3, -0.25) is 4.79 Å². The Kier molecular flexibility index (Phi) is 5.31. The Morgan fingerprint density at radius 2 is 1.66 bits per heavy atom. The number of rotatable bonds is 6. The molecule has 1 aliphatic rings. The predicted molar refractivity (Wildman–Crippen MR) is 119 cm³/mol. The van der Waals surface area contributed by atoms with Crippen molar-refractivity contribution >= 4 is 17.6 Å². The highest BCUT2D eigenvalue weighted by atomic mass is 35.5. The van der Waals surface area contributed by atoms with Gasteiger partial charge in [0.25, 0.3) is 0 Å². The van der Waals surface area contributed by atoms with Gasteiger partial charge < -0.3 is 14.2 Å². The number of esters is 1. The molecule has 1 saturated carbocycles. The molecule has 162 valence electrons. The highest BCUT2D eigenvalue weighted by molar-refractivity contribution is 6.30. The summed E-state index contributed by atoms with van der Waals surface area (Å²) in [5.41, 5.74) is -3.66. The molecule has 6 nitrogen and oxygen atoms in total. The molecular weight excluding hydrogens is 428 g/mol. The molecule has 1 aliphatic carbocycles. The van der Waals surface area contributed by atoms with Gasteiger partial charge in [0.05, 0.1) is 12.8 Å². The van der Waals surface area contributed by atoms with E-state index in [1.165, 1.54) is 7.11 Å². The molecule has 3 aromatic rings. The Morgan fingerprint density at radius 1 is 0.969 bits per heavy atom. The standard InChI is InChI=1S/C25H21ClN2O4/c1-23(2)24(16-27,32-19-14-12-17(26)13-15-19)25(23,22(29)30-3)20-10-7-11-21(28-20)31-18-8-5-4-6-9-18/h4-15H,1-3H3. The summed E-state index contributed by atoms with van der Waals surface area (Å²) in [6.45, 7) is 3.57. The fourth-order valence-corrected chi connectivity index (χ4v) is 4.54. The van der Waals surface area contributed by atoms with Crippen LogP contribution in [0.1, 0.15) is 19.5 Å². The monoisotopic (exact) mass is 448 g/mol. The Balaban J connectivity index is 1.81. The van der Waals surface area contributed by atoms with Gasteiger partial charge in [0, 0.05) is 16.5 Å². The van der Waals surface area contributed by atoms with E-state index in [0.29, 0.717) is 22.2 Å². The van der Waals surface area contributed by atoms with Crippen molar-refractivity contribution in [3.63, 3.8) is 0 Å². The molecule has 1 fully saturated rings. The zero-order valence-electron chi connectivity index (χ0n) is 17.8. The third kappa shape index (κ3) is 3.01. The van der Waals surface area contributed by atoms with E-state index in [1.54, 1.807) is 68.4 Å². The van der Waals surface area contributed by atoms with Crippen LogP contribution in [0, 0.1) is 16.7 Å². The molecule has 0 amide bonds.